The zero-order valence-electron chi connectivity index (χ0n) is 20.8. The number of hydrogen-bond acceptors (Lipinski definition) is 6. The van der Waals surface area contributed by atoms with Crippen LogP contribution in [0.4, 0.5) is 5.82 Å². The monoisotopic (exact) mass is 493 g/mol. The van der Waals surface area contributed by atoms with E-state index < -0.39 is 0 Å². The summed E-state index contributed by atoms with van der Waals surface area (Å²) >= 11 is 0. The zero-order valence-corrected chi connectivity index (χ0v) is 20.8. The van der Waals surface area contributed by atoms with E-state index in [0.717, 1.165) is 72.7 Å². The molecule has 0 radical (unpaired) electrons. The number of nitrogens with two attached hydrogens (primary N) is 1. The lowest BCUT2D eigenvalue weighted by atomic mass is 10.0. The highest BCUT2D eigenvalue weighted by Crippen LogP contribution is 2.43. The van der Waals surface area contributed by atoms with E-state index >= 15 is 0 Å². The maximum atomic E-state index is 6.40. The van der Waals surface area contributed by atoms with Gasteiger partial charge >= 0.3 is 0 Å². The van der Waals surface area contributed by atoms with Crippen LogP contribution in [0.3, 0.4) is 0 Å². The van der Waals surface area contributed by atoms with Gasteiger partial charge < -0.3 is 10.5 Å². The van der Waals surface area contributed by atoms with Gasteiger partial charge in [0.15, 0.2) is 5.82 Å². The minimum atomic E-state index is 0.506. The molecule has 1 saturated carbocycles. The predicted octanol–water partition coefficient (Wildman–Crippen LogP) is 3.89. The van der Waals surface area contributed by atoms with Crippen LogP contribution in [0.15, 0.2) is 67.1 Å². The van der Waals surface area contributed by atoms with Gasteiger partial charge in [-0.1, -0.05) is 42.5 Å². The molecule has 2 aliphatic rings. The van der Waals surface area contributed by atoms with Gasteiger partial charge in [-0.25, -0.2) is 9.50 Å². The van der Waals surface area contributed by atoms with E-state index in [1.165, 1.54) is 24.2 Å². The number of benzene rings is 2. The Bertz CT molecular complexity index is 1550. The molecule has 2 N–H and O–H groups in total. The Morgan fingerprint density at radius 1 is 1.00 bits per heavy atom. The SMILES string of the molecule is Nc1ncnn2c(CC3CC3CN3CCOCC3)cc(-c3ccc4cn(Cc5ccccc5)nc4c3)c12. The third kappa shape index (κ3) is 4.47. The van der Waals surface area contributed by atoms with Crippen molar-refractivity contribution in [3.8, 4) is 11.1 Å². The summed E-state index contributed by atoms with van der Waals surface area (Å²) in [6.45, 7) is 5.73. The molecule has 0 spiro atoms. The number of anilines is 1. The second-order valence-electron chi connectivity index (χ2n) is 10.4. The second-order valence-corrected chi connectivity index (χ2v) is 10.4. The van der Waals surface area contributed by atoms with E-state index in [-0.39, 0.29) is 0 Å². The minimum Gasteiger partial charge on any atom is -0.382 e. The number of rotatable bonds is 7. The van der Waals surface area contributed by atoms with Crippen LogP contribution in [0.25, 0.3) is 27.5 Å². The number of nitrogens with zero attached hydrogens (tertiary/aromatic N) is 6. The molecule has 8 heteroatoms. The van der Waals surface area contributed by atoms with Crippen LogP contribution >= 0.6 is 0 Å². The first-order valence-corrected chi connectivity index (χ1v) is 13.1. The standard InChI is InChI=1S/C29H31N7O/c30-29-28-26(21-6-7-22-18-35(33-27(22)14-21)16-20-4-2-1-3-5-20)15-25(36(28)32-19-31-29)13-23-12-24(23)17-34-8-10-37-11-9-34/h1-7,14-15,18-19,23-24H,8-13,16-17H2,(H2,30,31,32). The molecule has 4 heterocycles. The van der Waals surface area contributed by atoms with Gasteiger partial charge in [-0.15, -0.1) is 0 Å². The number of nitrogen functional groups attached to an aromatic ring is 1. The van der Waals surface area contributed by atoms with E-state index in [2.05, 4.69) is 69.7 Å². The van der Waals surface area contributed by atoms with Crippen molar-refractivity contribution in [3.05, 3.63) is 78.4 Å². The van der Waals surface area contributed by atoms with E-state index in [1.807, 2.05) is 15.3 Å². The molecular weight excluding hydrogens is 462 g/mol. The van der Waals surface area contributed by atoms with E-state index in [4.69, 9.17) is 15.6 Å². The third-order valence-corrected chi connectivity index (χ3v) is 7.85. The lowest BCUT2D eigenvalue weighted by Gasteiger charge is -2.26. The summed E-state index contributed by atoms with van der Waals surface area (Å²) in [5.41, 5.74) is 12.8. The summed E-state index contributed by atoms with van der Waals surface area (Å²) in [6.07, 6.45) is 5.93. The van der Waals surface area contributed by atoms with E-state index in [1.54, 1.807) is 6.33 Å². The van der Waals surface area contributed by atoms with Gasteiger partial charge in [0.05, 0.1) is 25.3 Å². The molecule has 1 saturated heterocycles. The van der Waals surface area contributed by atoms with Gasteiger partial charge in [0.2, 0.25) is 0 Å². The van der Waals surface area contributed by atoms with Gasteiger partial charge in [0.25, 0.3) is 0 Å². The fraction of sp³-hybridized carbons (Fsp3) is 0.345. The Kier molecular flexibility index (Phi) is 5.63. The molecule has 3 aromatic heterocycles. The molecule has 37 heavy (non-hydrogen) atoms. The van der Waals surface area contributed by atoms with Crippen LogP contribution in [-0.2, 0) is 17.7 Å². The Morgan fingerprint density at radius 2 is 1.86 bits per heavy atom. The van der Waals surface area contributed by atoms with Crippen molar-refractivity contribution >= 4 is 22.2 Å². The Balaban J connectivity index is 1.17. The van der Waals surface area contributed by atoms with E-state index in [0.29, 0.717) is 11.7 Å². The fourth-order valence-electron chi connectivity index (χ4n) is 5.75. The quantitative estimate of drug-likeness (QED) is 0.370. The highest BCUT2D eigenvalue weighted by molar-refractivity contribution is 5.92. The average molecular weight is 494 g/mol. The zero-order chi connectivity index (χ0) is 24.8. The molecule has 2 unspecified atom stereocenters. The van der Waals surface area contributed by atoms with Crippen LogP contribution < -0.4 is 5.73 Å². The maximum Gasteiger partial charge on any atom is 0.151 e. The normalized spacial score (nSPS) is 20.1. The number of fused-ring (bicyclic) bond motifs is 2. The minimum absolute atomic E-state index is 0.506. The predicted molar refractivity (Wildman–Crippen MR) is 144 cm³/mol. The van der Waals surface area contributed by atoms with Crippen LogP contribution in [0, 0.1) is 11.8 Å². The fourth-order valence-corrected chi connectivity index (χ4v) is 5.75. The molecule has 2 fully saturated rings. The molecule has 5 aromatic rings. The Morgan fingerprint density at radius 3 is 2.73 bits per heavy atom. The molecule has 1 aliphatic carbocycles. The van der Waals surface area contributed by atoms with Gasteiger partial charge in [-0.3, -0.25) is 9.58 Å². The Labute approximate surface area is 215 Å². The van der Waals surface area contributed by atoms with Gasteiger partial charge in [-0.05, 0) is 47.9 Å². The Hall–Kier alpha value is -3.75. The van der Waals surface area contributed by atoms with Gasteiger partial charge in [-0.2, -0.15) is 10.2 Å². The third-order valence-electron chi connectivity index (χ3n) is 7.85. The molecule has 0 bridgehead atoms. The summed E-state index contributed by atoms with van der Waals surface area (Å²) < 4.78 is 9.51. The topological polar surface area (TPSA) is 86.5 Å². The lowest BCUT2D eigenvalue weighted by molar-refractivity contribution is 0.0351. The van der Waals surface area contributed by atoms with Crippen LogP contribution in [0.5, 0.6) is 0 Å². The van der Waals surface area contributed by atoms with Crippen molar-refractivity contribution < 1.29 is 4.74 Å². The summed E-state index contributed by atoms with van der Waals surface area (Å²) in [5, 5.41) is 10.6. The summed E-state index contributed by atoms with van der Waals surface area (Å²) in [7, 11) is 0. The number of morpholine rings is 1. The highest BCUT2D eigenvalue weighted by Gasteiger charge is 2.39. The molecule has 0 amide bonds. The first kappa shape index (κ1) is 22.4. The number of hydrogen-bond donors (Lipinski definition) is 1. The van der Waals surface area contributed by atoms with Crippen molar-refractivity contribution in [2.75, 3.05) is 38.6 Å². The van der Waals surface area contributed by atoms with Crippen LogP contribution in [0.2, 0.25) is 0 Å². The summed E-state index contributed by atoms with van der Waals surface area (Å²) in [6, 6.07) is 19.1. The number of aromatic nitrogens is 5. The molecular formula is C29H31N7O. The summed E-state index contributed by atoms with van der Waals surface area (Å²) in [5.74, 6) is 1.93. The molecule has 188 valence electrons. The van der Waals surface area contributed by atoms with Gasteiger partial charge in [0.1, 0.15) is 11.8 Å². The second kappa shape index (κ2) is 9.28. The van der Waals surface area contributed by atoms with Crippen molar-refractivity contribution in [1.82, 2.24) is 29.3 Å². The summed E-state index contributed by atoms with van der Waals surface area (Å²) in [4.78, 5) is 6.86. The smallest absolute Gasteiger partial charge is 0.151 e. The van der Waals surface area contributed by atoms with Crippen molar-refractivity contribution in [2.45, 2.75) is 19.4 Å². The van der Waals surface area contributed by atoms with Crippen molar-refractivity contribution in [1.29, 1.82) is 0 Å². The maximum absolute atomic E-state index is 6.40. The average Bonchev–Trinajstić information content (AvgIpc) is 3.34. The molecule has 2 atom stereocenters. The first-order valence-electron chi connectivity index (χ1n) is 13.1. The van der Waals surface area contributed by atoms with Crippen molar-refractivity contribution in [2.24, 2.45) is 11.8 Å². The highest BCUT2D eigenvalue weighted by atomic mass is 16.5. The van der Waals surface area contributed by atoms with Gasteiger partial charge in [0, 0.05) is 42.5 Å². The van der Waals surface area contributed by atoms with E-state index in [9.17, 15) is 0 Å². The van der Waals surface area contributed by atoms with Crippen LogP contribution in [0.1, 0.15) is 17.7 Å². The molecule has 7 rings (SSSR count). The largest absolute Gasteiger partial charge is 0.382 e. The van der Waals surface area contributed by atoms with Crippen molar-refractivity contribution in [3.63, 3.8) is 0 Å². The molecule has 2 aromatic carbocycles. The molecule has 8 nitrogen and oxygen atoms in total. The lowest BCUT2D eigenvalue weighted by Crippen LogP contribution is -2.37. The number of ether oxygens (including phenoxy) is 1. The first-order chi connectivity index (χ1) is 18.2. The van der Waals surface area contributed by atoms with Crippen LogP contribution in [-0.4, -0.2) is 62.1 Å². The molecule has 1 aliphatic heterocycles.